The average Bonchev–Trinajstić information content (AvgIpc) is 2.73. The van der Waals surface area contributed by atoms with Crippen molar-refractivity contribution < 1.29 is 19.1 Å². The number of anilines is 1. The van der Waals surface area contributed by atoms with Crippen molar-refractivity contribution in [1.29, 1.82) is 0 Å². The number of ketones is 1. The summed E-state index contributed by atoms with van der Waals surface area (Å²) in [5.74, 6) is -0.427. The Kier molecular flexibility index (Phi) is 5.75. The molecule has 1 heterocycles. The highest BCUT2D eigenvalue weighted by atomic mass is 32.1. The summed E-state index contributed by atoms with van der Waals surface area (Å²) in [4.78, 5) is 26.3. The number of carbonyl (C=O) groups excluding carboxylic acids is 2. The van der Waals surface area contributed by atoms with E-state index in [1.165, 1.54) is 18.3 Å². The summed E-state index contributed by atoms with van der Waals surface area (Å²) in [7, 11) is 1.56. The van der Waals surface area contributed by atoms with E-state index in [1.54, 1.807) is 12.5 Å². The quantitative estimate of drug-likeness (QED) is 0.582. The smallest absolute Gasteiger partial charge is 0.252 e. The molecule has 0 aliphatic rings. The van der Waals surface area contributed by atoms with Gasteiger partial charge in [-0.2, -0.15) is 0 Å². The maximum atomic E-state index is 11.4. The first kappa shape index (κ1) is 13.8. The fraction of sp³-hybridized carbons (Fsp3) is 0.500. The summed E-state index contributed by atoms with van der Waals surface area (Å²) >= 11 is 1.21. The van der Waals surface area contributed by atoms with Gasteiger partial charge in [0.25, 0.3) is 5.91 Å². The lowest BCUT2D eigenvalue weighted by molar-refractivity contribution is -0.121. The van der Waals surface area contributed by atoms with E-state index < -0.39 is 0 Å². The van der Waals surface area contributed by atoms with Gasteiger partial charge in [0.1, 0.15) is 12.3 Å². The molecule has 0 bridgehead atoms. The maximum Gasteiger partial charge on any atom is 0.252 e. The van der Waals surface area contributed by atoms with Crippen LogP contribution in [0.15, 0.2) is 5.38 Å². The lowest BCUT2D eigenvalue weighted by Crippen LogP contribution is -2.19. The van der Waals surface area contributed by atoms with E-state index in [1.807, 2.05) is 0 Å². The van der Waals surface area contributed by atoms with Gasteiger partial charge in [0.05, 0.1) is 13.2 Å². The van der Waals surface area contributed by atoms with E-state index in [4.69, 9.17) is 9.47 Å². The summed E-state index contributed by atoms with van der Waals surface area (Å²) in [6.07, 6.45) is 0. The van der Waals surface area contributed by atoms with Crippen LogP contribution < -0.4 is 5.32 Å². The van der Waals surface area contributed by atoms with Crippen molar-refractivity contribution in [1.82, 2.24) is 4.98 Å². The van der Waals surface area contributed by atoms with Crippen molar-refractivity contribution >= 4 is 28.2 Å². The van der Waals surface area contributed by atoms with Crippen LogP contribution in [0.5, 0.6) is 0 Å². The lowest BCUT2D eigenvalue weighted by Gasteiger charge is -2.02. The molecule has 17 heavy (non-hydrogen) atoms. The average molecular weight is 258 g/mol. The number of hydrogen-bond acceptors (Lipinski definition) is 6. The van der Waals surface area contributed by atoms with Gasteiger partial charge >= 0.3 is 0 Å². The van der Waals surface area contributed by atoms with Crippen molar-refractivity contribution in [3.05, 3.63) is 11.1 Å². The molecule has 0 spiro atoms. The van der Waals surface area contributed by atoms with Gasteiger partial charge in [-0.1, -0.05) is 0 Å². The molecule has 1 aromatic heterocycles. The van der Waals surface area contributed by atoms with E-state index in [-0.39, 0.29) is 18.3 Å². The van der Waals surface area contributed by atoms with Crippen molar-refractivity contribution in [2.45, 2.75) is 6.92 Å². The zero-order chi connectivity index (χ0) is 12.7. The molecule has 94 valence electrons. The molecule has 0 fully saturated rings. The number of carbonyl (C=O) groups is 2. The Hall–Kier alpha value is -1.31. The Labute approximate surface area is 103 Å². The number of hydrogen-bond donors (Lipinski definition) is 1. The number of nitrogens with zero attached hydrogens (tertiary/aromatic N) is 1. The molecule has 7 heteroatoms. The third-order valence-corrected chi connectivity index (χ3v) is 2.53. The molecule has 6 nitrogen and oxygen atoms in total. The van der Waals surface area contributed by atoms with Gasteiger partial charge in [-0.15, -0.1) is 11.3 Å². The molecule has 0 unspecified atom stereocenters. The van der Waals surface area contributed by atoms with E-state index in [0.717, 1.165) is 0 Å². The fourth-order valence-corrected chi connectivity index (χ4v) is 1.72. The van der Waals surface area contributed by atoms with Gasteiger partial charge in [-0.25, -0.2) is 4.98 Å². The van der Waals surface area contributed by atoms with Crippen molar-refractivity contribution in [2.24, 2.45) is 0 Å². The Morgan fingerprint density at radius 3 is 2.82 bits per heavy atom. The molecule has 0 aliphatic heterocycles. The van der Waals surface area contributed by atoms with E-state index in [0.29, 0.717) is 24.0 Å². The van der Waals surface area contributed by atoms with Crippen LogP contribution in [0, 0.1) is 0 Å². The van der Waals surface area contributed by atoms with Gasteiger partial charge in [-0.3, -0.25) is 14.9 Å². The molecule has 0 saturated carbocycles. The Balaban J connectivity index is 2.32. The molecule has 1 amide bonds. The second kappa shape index (κ2) is 7.10. The molecular formula is C10H14N2O4S. The van der Waals surface area contributed by atoms with Crippen LogP contribution >= 0.6 is 11.3 Å². The predicted octanol–water partition coefficient (Wildman–Crippen LogP) is 0.947. The summed E-state index contributed by atoms with van der Waals surface area (Å²) in [5, 5.41) is 4.54. The molecule has 1 aromatic rings. The highest BCUT2D eigenvalue weighted by molar-refractivity contribution is 7.14. The molecular weight excluding hydrogens is 244 g/mol. The number of Topliss-reactive ketones (excluding diaryl/α,β-unsaturated/α-hetero) is 1. The minimum atomic E-state index is -0.300. The van der Waals surface area contributed by atoms with Crippen LogP contribution in [-0.4, -0.2) is 43.6 Å². The summed E-state index contributed by atoms with van der Waals surface area (Å²) in [5.41, 5.74) is 0.352. The highest BCUT2D eigenvalue weighted by Crippen LogP contribution is 2.15. The number of nitrogens with one attached hydrogen (secondary N) is 1. The summed E-state index contributed by atoms with van der Waals surface area (Å²) in [6, 6.07) is 0. The zero-order valence-electron chi connectivity index (χ0n) is 9.69. The molecule has 1 N–H and O–H groups in total. The fourth-order valence-electron chi connectivity index (χ4n) is 0.955. The van der Waals surface area contributed by atoms with Crippen molar-refractivity contribution in [2.75, 3.05) is 32.2 Å². The van der Waals surface area contributed by atoms with Crippen LogP contribution in [0.1, 0.15) is 17.4 Å². The van der Waals surface area contributed by atoms with Gasteiger partial charge in [0.15, 0.2) is 10.9 Å². The molecule has 0 aromatic carbocycles. The molecule has 1 rings (SSSR count). The Bertz CT molecular complexity index is 391. The molecule has 0 radical (unpaired) electrons. The van der Waals surface area contributed by atoms with Crippen LogP contribution in [0.25, 0.3) is 0 Å². The van der Waals surface area contributed by atoms with E-state index >= 15 is 0 Å². The number of thiazole rings is 1. The number of aromatic nitrogens is 1. The van der Waals surface area contributed by atoms with Crippen LogP contribution in [0.4, 0.5) is 5.13 Å². The first-order chi connectivity index (χ1) is 8.13. The zero-order valence-corrected chi connectivity index (χ0v) is 10.5. The van der Waals surface area contributed by atoms with Crippen molar-refractivity contribution in [3.63, 3.8) is 0 Å². The number of amides is 1. The minimum Gasteiger partial charge on any atom is -0.382 e. The summed E-state index contributed by atoms with van der Waals surface area (Å²) < 4.78 is 9.80. The predicted molar refractivity (Wildman–Crippen MR) is 63.4 cm³/mol. The van der Waals surface area contributed by atoms with Crippen LogP contribution in [0.2, 0.25) is 0 Å². The second-order valence-corrected chi connectivity index (χ2v) is 4.05. The third kappa shape index (κ3) is 5.03. The SMILES string of the molecule is COCCOCC(=O)Nc1nc(C(C)=O)cs1. The summed E-state index contributed by atoms with van der Waals surface area (Å²) in [6.45, 7) is 2.17. The second-order valence-electron chi connectivity index (χ2n) is 3.19. The van der Waals surface area contributed by atoms with Crippen molar-refractivity contribution in [3.8, 4) is 0 Å². The highest BCUT2D eigenvalue weighted by Gasteiger charge is 2.08. The number of methoxy groups -OCH3 is 1. The van der Waals surface area contributed by atoms with Gasteiger partial charge in [0, 0.05) is 19.4 Å². The molecule has 0 saturated heterocycles. The third-order valence-electron chi connectivity index (χ3n) is 1.78. The topological polar surface area (TPSA) is 77.5 Å². The first-order valence-corrected chi connectivity index (χ1v) is 5.84. The molecule has 0 atom stereocenters. The largest absolute Gasteiger partial charge is 0.382 e. The Morgan fingerprint density at radius 1 is 1.47 bits per heavy atom. The van der Waals surface area contributed by atoms with Gasteiger partial charge in [0.2, 0.25) is 0 Å². The Morgan fingerprint density at radius 2 is 2.24 bits per heavy atom. The lowest BCUT2D eigenvalue weighted by atomic mass is 10.4. The minimum absolute atomic E-state index is 0.0572. The maximum absolute atomic E-state index is 11.4. The van der Waals surface area contributed by atoms with E-state index in [9.17, 15) is 9.59 Å². The van der Waals surface area contributed by atoms with Crippen LogP contribution in [-0.2, 0) is 14.3 Å². The normalized spacial score (nSPS) is 10.2. The van der Waals surface area contributed by atoms with Crippen LogP contribution in [0.3, 0.4) is 0 Å². The standard InChI is InChI=1S/C10H14N2O4S/c1-7(13)8-6-17-10(11-8)12-9(14)5-16-4-3-15-2/h6H,3-5H2,1-2H3,(H,11,12,14). The van der Waals surface area contributed by atoms with Gasteiger partial charge < -0.3 is 9.47 Å². The first-order valence-electron chi connectivity index (χ1n) is 4.96. The number of rotatable bonds is 7. The monoisotopic (exact) mass is 258 g/mol. The molecule has 0 aliphatic carbocycles. The number of ether oxygens (including phenoxy) is 2. The van der Waals surface area contributed by atoms with Gasteiger partial charge in [-0.05, 0) is 0 Å². The van der Waals surface area contributed by atoms with E-state index in [2.05, 4.69) is 10.3 Å².